The summed E-state index contributed by atoms with van der Waals surface area (Å²) in [5.41, 5.74) is 3.44. The molecule has 2 bridgehead atoms. The zero-order valence-electron chi connectivity index (χ0n) is 16.0. The number of rotatable bonds is 5. The van der Waals surface area contributed by atoms with Gasteiger partial charge in [-0.1, -0.05) is 36.4 Å². The lowest BCUT2D eigenvalue weighted by Gasteiger charge is -2.28. The SMILES string of the molecule is Cc1ccccc1COc1cccc(CC(=O)N2C3CCNCC2CC3)c1. The Morgan fingerprint density at radius 3 is 2.85 bits per heavy atom. The standard InChI is InChI=1S/C23H28N2O2/c1-17-5-2-3-7-19(17)16-27-22-8-4-6-18(13-22)14-23(26)25-20-9-10-21(25)15-24-12-11-20/h2-8,13,20-21,24H,9-12,14-16H2,1H3. The van der Waals surface area contributed by atoms with Crippen LogP contribution in [0, 0.1) is 6.92 Å². The Hall–Kier alpha value is -2.33. The quantitative estimate of drug-likeness (QED) is 0.883. The highest BCUT2D eigenvalue weighted by atomic mass is 16.5. The lowest BCUT2D eigenvalue weighted by atomic mass is 10.1. The summed E-state index contributed by atoms with van der Waals surface area (Å²) in [6, 6.07) is 17.0. The predicted molar refractivity (Wildman–Crippen MR) is 107 cm³/mol. The molecule has 4 heteroatoms. The fourth-order valence-electron chi connectivity index (χ4n) is 4.33. The molecule has 2 aliphatic heterocycles. The van der Waals surface area contributed by atoms with Crippen LogP contribution >= 0.6 is 0 Å². The second-order valence-electron chi connectivity index (χ2n) is 7.72. The van der Waals surface area contributed by atoms with Crippen molar-refractivity contribution < 1.29 is 9.53 Å². The Kier molecular flexibility index (Phi) is 5.44. The van der Waals surface area contributed by atoms with Crippen molar-refractivity contribution in [1.82, 2.24) is 10.2 Å². The average molecular weight is 364 g/mol. The third kappa shape index (κ3) is 4.16. The predicted octanol–water partition coefficient (Wildman–Crippen LogP) is 3.47. The van der Waals surface area contributed by atoms with E-state index in [0.717, 1.165) is 43.7 Å². The van der Waals surface area contributed by atoms with E-state index in [1.54, 1.807) is 0 Å². The summed E-state index contributed by atoms with van der Waals surface area (Å²) < 4.78 is 5.98. The van der Waals surface area contributed by atoms with Crippen LogP contribution in [-0.4, -0.2) is 36.0 Å². The second-order valence-corrected chi connectivity index (χ2v) is 7.72. The molecule has 1 N–H and O–H groups in total. The Morgan fingerprint density at radius 2 is 1.96 bits per heavy atom. The molecule has 2 heterocycles. The molecule has 0 aliphatic carbocycles. The number of aryl methyl sites for hydroxylation is 1. The minimum atomic E-state index is 0.252. The van der Waals surface area contributed by atoms with Crippen LogP contribution in [0.25, 0.3) is 0 Å². The van der Waals surface area contributed by atoms with Crippen molar-refractivity contribution in [3.63, 3.8) is 0 Å². The topological polar surface area (TPSA) is 41.6 Å². The molecule has 4 nitrogen and oxygen atoms in total. The zero-order valence-corrected chi connectivity index (χ0v) is 16.0. The highest BCUT2D eigenvalue weighted by molar-refractivity contribution is 5.80. The Labute approximate surface area is 161 Å². The van der Waals surface area contributed by atoms with Gasteiger partial charge in [0, 0.05) is 18.6 Å². The van der Waals surface area contributed by atoms with E-state index in [2.05, 4.69) is 29.3 Å². The summed E-state index contributed by atoms with van der Waals surface area (Å²) in [7, 11) is 0. The molecular formula is C23H28N2O2. The third-order valence-electron chi connectivity index (χ3n) is 5.85. The first-order valence-electron chi connectivity index (χ1n) is 9.99. The van der Waals surface area contributed by atoms with Gasteiger partial charge in [0.15, 0.2) is 0 Å². The van der Waals surface area contributed by atoms with Gasteiger partial charge >= 0.3 is 0 Å². The van der Waals surface area contributed by atoms with Crippen LogP contribution in [-0.2, 0) is 17.8 Å². The molecule has 2 unspecified atom stereocenters. The first-order valence-corrected chi connectivity index (χ1v) is 9.99. The molecule has 1 amide bonds. The average Bonchev–Trinajstić information content (AvgIpc) is 2.94. The number of ether oxygens (including phenoxy) is 1. The molecule has 2 aliphatic rings. The third-order valence-corrected chi connectivity index (χ3v) is 5.85. The van der Waals surface area contributed by atoms with Crippen LogP contribution in [0.1, 0.15) is 36.0 Å². The molecular weight excluding hydrogens is 336 g/mol. The van der Waals surface area contributed by atoms with E-state index in [4.69, 9.17) is 4.74 Å². The normalized spacial score (nSPS) is 21.7. The number of nitrogens with zero attached hydrogens (tertiary/aromatic N) is 1. The van der Waals surface area contributed by atoms with Gasteiger partial charge in [0.2, 0.25) is 5.91 Å². The number of nitrogens with one attached hydrogen (secondary N) is 1. The number of carbonyl (C=O) groups excluding carboxylic acids is 1. The number of hydrogen-bond donors (Lipinski definition) is 1. The van der Waals surface area contributed by atoms with E-state index in [9.17, 15) is 4.79 Å². The number of hydrogen-bond acceptors (Lipinski definition) is 3. The summed E-state index contributed by atoms with van der Waals surface area (Å²) in [6.45, 7) is 4.60. The van der Waals surface area contributed by atoms with Crippen LogP contribution in [0.3, 0.4) is 0 Å². The van der Waals surface area contributed by atoms with E-state index in [-0.39, 0.29) is 5.91 Å². The van der Waals surface area contributed by atoms with Crippen molar-refractivity contribution in [3.8, 4) is 5.75 Å². The Bertz CT molecular complexity index is 790. The molecule has 142 valence electrons. The lowest BCUT2D eigenvalue weighted by Crippen LogP contribution is -2.43. The van der Waals surface area contributed by atoms with Gasteiger partial charge in [-0.2, -0.15) is 0 Å². The van der Waals surface area contributed by atoms with Crippen molar-refractivity contribution in [3.05, 3.63) is 65.2 Å². The molecule has 4 rings (SSSR count). The Balaban J connectivity index is 1.40. The lowest BCUT2D eigenvalue weighted by molar-refractivity contribution is -0.133. The largest absolute Gasteiger partial charge is 0.489 e. The minimum Gasteiger partial charge on any atom is -0.489 e. The van der Waals surface area contributed by atoms with Crippen LogP contribution in [0.15, 0.2) is 48.5 Å². The van der Waals surface area contributed by atoms with E-state index in [1.165, 1.54) is 11.1 Å². The van der Waals surface area contributed by atoms with Gasteiger partial charge in [-0.3, -0.25) is 4.79 Å². The molecule has 0 aromatic heterocycles. The maximum atomic E-state index is 13.0. The minimum absolute atomic E-state index is 0.252. The second kappa shape index (κ2) is 8.13. The van der Waals surface area contributed by atoms with Crippen LogP contribution in [0.5, 0.6) is 5.75 Å². The van der Waals surface area contributed by atoms with Crippen LogP contribution < -0.4 is 10.1 Å². The summed E-state index contributed by atoms with van der Waals surface area (Å²) in [4.78, 5) is 15.1. The van der Waals surface area contributed by atoms with Crippen molar-refractivity contribution in [1.29, 1.82) is 0 Å². The molecule has 0 spiro atoms. The van der Waals surface area contributed by atoms with Crippen LogP contribution in [0.4, 0.5) is 0 Å². The monoisotopic (exact) mass is 364 g/mol. The fraction of sp³-hybridized carbons (Fsp3) is 0.435. The first kappa shape index (κ1) is 18.1. The van der Waals surface area contributed by atoms with E-state index in [0.29, 0.717) is 25.1 Å². The van der Waals surface area contributed by atoms with Gasteiger partial charge in [0.25, 0.3) is 0 Å². The number of amides is 1. The molecule has 2 aromatic carbocycles. The van der Waals surface area contributed by atoms with Gasteiger partial charge in [-0.05, 0) is 61.6 Å². The van der Waals surface area contributed by atoms with Crippen molar-refractivity contribution in [2.24, 2.45) is 0 Å². The summed E-state index contributed by atoms with van der Waals surface area (Å²) in [5, 5.41) is 3.46. The van der Waals surface area contributed by atoms with Crippen LogP contribution in [0.2, 0.25) is 0 Å². The number of benzene rings is 2. The maximum absolute atomic E-state index is 13.0. The van der Waals surface area contributed by atoms with E-state index in [1.807, 2.05) is 36.4 Å². The maximum Gasteiger partial charge on any atom is 0.227 e. The van der Waals surface area contributed by atoms with Gasteiger partial charge in [-0.15, -0.1) is 0 Å². The number of carbonyl (C=O) groups is 1. The zero-order chi connectivity index (χ0) is 18.6. The van der Waals surface area contributed by atoms with Crippen molar-refractivity contribution >= 4 is 5.91 Å². The van der Waals surface area contributed by atoms with Gasteiger partial charge in [-0.25, -0.2) is 0 Å². The molecule has 2 atom stereocenters. The smallest absolute Gasteiger partial charge is 0.227 e. The Morgan fingerprint density at radius 1 is 1.11 bits per heavy atom. The summed E-state index contributed by atoms with van der Waals surface area (Å²) >= 11 is 0. The highest BCUT2D eigenvalue weighted by Gasteiger charge is 2.37. The molecule has 2 aromatic rings. The van der Waals surface area contributed by atoms with E-state index >= 15 is 0 Å². The van der Waals surface area contributed by atoms with E-state index < -0.39 is 0 Å². The molecule has 2 saturated heterocycles. The summed E-state index contributed by atoms with van der Waals surface area (Å²) in [5.74, 6) is 1.08. The van der Waals surface area contributed by atoms with Gasteiger partial charge in [0.1, 0.15) is 12.4 Å². The molecule has 2 fully saturated rings. The molecule has 0 radical (unpaired) electrons. The van der Waals surface area contributed by atoms with Gasteiger partial charge < -0.3 is 15.0 Å². The van der Waals surface area contributed by atoms with Crippen molar-refractivity contribution in [2.75, 3.05) is 13.1 Å². The fourth-order valence-corrected chi connectivity index (χ4v) is 4.33. The molecule has 0 saturated carbocycles. The summed E-state index contributed by atoms with van der Waals surface area (Å²) in [6.07, 6.45) is 3.80. The highest BCUT2D eigenvalue weighted by Crippen LogP contribution is 2.29. The number of fused-ring (bicyclic) bond motifs is 2. The molecule has 27 heavy (non-hydrogen) atoms. The van der Waals surface area contributed by atoms with Gasteiger partial charge in [0.05, 0.1) is 6.42 Å². The first-order chi connectivity index (χ1) is 13.2. The van der Waals surface area contributed by atoms with Crippen molar-refractivity contribution in [2.45, 2.75) is 51.3 Å².